The van der Waals surface area contributed by atoms with Crippen molar-refractivity contribution in [1.82, 2.24) is 0 Å². The van der Waals surface area contributed by atoms with E-state index in [1.165, 1.54) is 49.1 Å². The topological polar surface area (TPSA) is 16.4 Å². The van der Waals surface area contributed by atoms with Crippen LogP contribution in [0.15, 0.2) is 144 Å². The normalized spacial score (nSPS) is 11.9. The second-order valence-corrected chi connectivity index (χ2v) is 11.9. The van der Waals surface area contributed by atoms with Gasteiger partial charge in [-0.25, -0.2) is 0 Å². The zero-order valence-corrected chi connectivity index (χ0v) is 24.6. The van der Waals surface area contributed by atoms with Crippen LogP contribution in [0.1, 0.15) is 11.1 Å². The molecule has 0 spiro atoms. The number of para-hydroxylation sites is 2. The number of nitrogens with zero attached hydrogens (tertiary/aromatic N) is 1. The molecule has 208 valence electrons. The Kier molecular flexibility index (Phi) is 5.36. The molecule has 0 bridgehead atoms. The molecule has 0 unspecified atom stereocenters. The van der Waals surface area contributed by atoms with Crippen molar-refractivity contribution in [2.75, 3.05) is 4.90 Å². The summed E-state index contributed by atoms with van der Waals surface area (Å²) in [5.41, 5.74) is 10.0. The maximum atomic E-state index is 6.37. The van der Waals surface area contributed by atoms with Gasteiger partial charge in [-0.15, -0.1) is 0 Å². The van der Waals surface area contributed by atoms with Gasteiger partial charge in [-0.3, -0.25) is 0 Å². The molecule has 0 saturated carbocycles. The van der Waals surface area contributed by atoms with Gasteiger partial charge in [0.25, 0.3) is 0 Å². The van der Waals surface area contributed by atoms with Crippen molar-refractivity contribution in [2.45, 2.75) is 13.8 Å². The van der Waals surface area contributed by atoms with Gasteiger partial charge in [-0.05, 0) is 93.9 Å². The fourth-order valence-corrected chi connectivity index (χ4v) is 7.19. The Labute approximate surface area is 255 Å². The molecule has 1 heterocycles. The highest BCUT2D eigenvalue weighted by atomic mass is 16.3. The van der Waals surface area contributed by atoms with Gasteiger partial charge in [0.15, 0.2) is 0 Å². The molecule has 0 atom stereocenters. The first-order valence-electron chi connectivity index (χ1n) is 15.2. The lowest BCUT2D eigenvalue weighted by Crippen LogP contribution is -2.11. The Hall–Kier alpha value is -5.60. The Morgan fingerprint density at radius 1 is 0.477 bits per heavy atom. The molecule has 2 heteroatoms. The lowest BCUT2D eigenvalue weighted by Gasteiger charge is -2.28. The highest BCUT2D eigenvalue weighted by Crippen LogP contribution is 2.45. The van der Waals surface area contributed by atoms with Crippen molar-refractivity contribution < 1.29 is 4.42 Å². The fraction of sp³-hybridized carbons (Fsp3) is 0.0476. The number of furan rings is 1. The van der Waals surface area contributed by atoms with Crippen LogP contribution in [0.5, 0.6) is 0 Å². The Morgan fingerprint density at radius 3 is 1.93 bits per heavy atom. The van der Waals surface area contributed by atoms with E-state index < -0.39 is 0 Å². The van der Waals surface area contributed by atoms with Crippen molar-refractivity contribution in [3.63, 3.8) is 0 Å². The van der Waals surface area contributed by atoms with Crippen LogP contribution in [0.25, 0.3) is 65.4 Å². The molecule has 44 heavy (non-hydrogen) atoms. The van der Waals surface area contributed by atoms with Crippen LogP contribution < -0.4 is 4.90 Å². The molecule has 0 aliphatic heterocycles. The highest BCUT2D eigenvalue weighted by molar-refractivity contribution is 6.25. The first-order valence-corrected chi connectivity index (χ1v) is 15.2. The van der Waals surface area contributed by atoms with Gasteiger partial charge >= 0.3 is 0 Å². The van der Waals surface area contributed by atoms with E-state index in [9.17, 15) is 0 Å². The molecule has 8 aromatic carbocycles. The van der Waals surface area contributed by atoms with Crippen LogP contribution in [0.3, 0.4) is 0 Å². The van der Waals surface area contributed by atoms with E-state index in [1.807, 2.05) is 12.1 Å². The maximum Gasteiger partial charge on any atom is 0.143 e. The highest BCUT2D eigenvalue weighted by Gasteiger charge is 2.19. The Balaban J connectivity index is 1.25. The second kappa shape index (κ2) is 9.45. The summed E-state index contributed by atoms with van der Waals surface area (Å²) in [7, 11) is 0. The first kappa shape index (κ1) is 24.9. The Morgan fingerprint density at radius 2 is 1.14 bits per heavy atom. The smallest absolute Gasteiger partial charge is 0.143 e. The third-order valence-corrected chi connectivity index (χ3v) is 9.05. The summed E-state index contributed by atoms with van der Waals surface area (Å²) in [6, 6.07) is 50.6. The average molecular weight is 564 g/mol. The molecule has 0 radical (unpaired) electrons. The van der Waals surface area contributed by atoms with E-state index >= 15 is 0 Å². The van der Waals surface area contributed by atoms with E-state index in [0.717, 1.165) is 44.4 Å². The summed E-state index contributed by atoms with van der Waals surface area (Å²) in [4.78, 5) is 2.41. The van der Waals surface area contributed by atoms with Gasteiger partial charge in [0.2, 0.25) is 0 Å². The third kappa shape index (κ3) is 3.74. The van der Waals surface area contributed by atoms with Crippen LogP contribution in [0.2, 0.25) is 0 Å². The molecular formula is C42H29NO. The van der Waals surface area contributed by atoms with E-state index in [4.69, 9.17) is 4.42 Å². The van der Waals surface area contributed by atoms with E-state index in [2.05, 4.69) is 146 Å². The predicted molar refractivity (Wildman–Crippen MR) is 187 cm³/mol. The van der Waals surface area contributed by atoms with Crippen molar-refractivity contribution in [3.05, 3.63) is 151 Å². The minimum Gasteiger partial charge on any atom is -0.455 e. The molecular weight excluding hydrogens is 534 g/mol. The standard InChI is InChI=1S/C42H29NO/c1-26-23-27(2)25-33(24-26)43(38-22-18-31-14-13-29-7-5-8-30-17-21-37(38)41(31)40(29)30)32-19-15-28(16-20-32)34-10-6-11-36-35-9-3-4-12-39(35)44-42(34)36/h3-25H,1-2H3. The van der Waals surface area contributed by atoms with Gasteiger partial charge in [-0.2, -0.15) is 0 Å². The van der Waals surface area contributed by atoms with Gasteiger partial charge in [0, 0.05) is 33.1 Å². The first-order chi connectivity index (χ1) is 21.6. The minimum absolute atomic E-state index is 0.918. The maximum absolute atomic E-state index is 6.37. The molecule has 0 aliphatic rings. The fourth-order valence-electron chi connectivity index (χ4n) is 7.19. The SMILES string of the molecule is Cc1cc(C)cc(N(c2ccc(-c3cccc4c3oc3ccccc34)cc2)c2ccc3ccc4cccc5ccc2c3c45)c1. The average Bonchev–Trinajstić information content (AvgIpc) is 3.43. The van der Waals surface area contributed by atoms with E-state index in [1.54, 1.807) is 0 Å². The summed E-state index contributed by atoms with van der Waals surface area (Å²) >= 11 is 0. The summed E-state index contributed by atoms with van der Waals surface area (Å²) < 4.78 is 6.37. The molecule has 0 N–H and O–H groups in total. The van der Waals surface area contributed by atoms with E-state index in [-0.39, 0.29) is 0 Å². The molecule has 0 fully saturated rings. The van der Waals surface area contributed by atoms with Crippen molar-refractivity contribution in [3.8, 4) is 11.1 Å². The van der Waals surface area contributed by atoms with Gasteiger partial charge in [0.1, 0.15) is 11.2 Å². The van der Waals surface area contributed by atoms with Gasteiger partial charge in [-0.1, -0.05) is 103 Å². The number of benzene rings is 8. The lowest BCUT2D eigenvalue weighted by molar-refractivity contribution is 0.670. The molecule has 0 aliphatic carbocycles. The van der Waals surface area contributed by atoms with Crippen LogP contribution in [-0.4, -0.2) is 0 Å². The third-order valence-electron chi connectivity index (χ3n) is 9.05. The van der Waals surface area contributed by atoms with Crippen molar-refractivity contribution in [2.24, 2.45) is 0 Å². The molecule has 2 nitrogen and oxygen atoms in total. The molecule has 9 aromatic rings. The summed E-state index contributed by atoms with van der Waals surface area (Å²) in [6.45, 7) is 4.35. The van der Waals surface area contributed by atoms with Crippen LogP contribution in [0, 0.1) is 13.8 Å². The van der Waals surface area contributed by atoms with E-state index in [0.29, 0.717) is 0 Å². The van der Waals surface area contributed by atoms with Gasteiger partial charge < -0.3 is 9.32 Å². The zero-order chi connectivity index (χ0) is 29.4. The quantitative estimate of drug-likeness (QED) is 0.198. The van der Waals surface area contributed by atoms with Crippen LogP contribution in [-0.2, 0) is 0 Å². The monoisotopic (exact) mass is 563 g/mol. The van der Waals surface area contributed by atoms with Crippen molar-refractivity contribution >= 4 is 71.3 Å². The predicted octanol–water partition coefficient (Wildman–Crippen LogP) is 12.2. The second-order valence-electron chi connectivity index (χ2n) is 11.9. The summed E-state index contributed by atoms with van der Waals surface area (Å²) in [5, 5.41) is 10.0. The van der Waals surface area contributed by atoms with Gasteiger partial charge in [0.05, 0.1) is 5.69 Å². The number of rotatable bonds is 4. The largest absolute Gasteiger partial charge is 0.455 e. The summed E-state index contributed by atoms with van der Waals surface area (Å²) in [6.07, 6.45) is 0. The number of hydrogen-bond acceptors (Lipinski definition) is 2. The van der Waals surface area contributed by atoms with Crippen molar-refractivity contribution in [1.29, 1.82) is 0 Å². The molecule has 1 aromatic heterocycles. The van der Waals surface area contributed by atoms with Crippen LogP contribution in [0.4, 0.5) is 17.1 Å². The number of fused-ring (bicyclic) bond motifs is 3. The van der Waals surface area contributed by atoms with Crippen LogP contribution >= 0.6 is 0 Å². The summed E-state index contributed by atoms with van der Waals surface area (Å²) in [5.74, 6) is 0. The molecule has 0 amide bonds. The minimum atomic E-state index is 0.918. The zero-order valence-electron chi connectivity index (χ0n) is 24.6. The molecule has 9 rings (SSSR count). The Bertz CT molecular complexity index is 2480. The number of hydrogen-bond donors (Lipinski definition) is 0. The molecule has 0 saturated heterocycles. The number of aryl methyl sites for hydroxylation is 2. The number of anilines is 3. The lowest BCUT2D eigenvalue weighted by atomic mass is 9.93.